The number of halogens is 1. The summed E-state index contributed by atoms with van der Waals surface area (Å²) in [7, 11) is 0. The number of benzene rings is 1. The smallest absolute Gasteiger partial charge is 0.234 e. The van der Waals surface area contributed by atoms with Crippen LogP contribution in [0.4, 0.5) is 0 Å². The van der Waals surface area contributed by atoms with Crippen molar-refractivity contribution in [1.82, 2.24) is 10.1 Å². The fraction of sp³-hybridized carbons (Fsp3) is 0.500. The van der Waals surface area contributed by atoms with Crippen molar-refractivity contribution in [2.45, 2.75) is 37.5 Å². The first kappa shape index (κ1) is 15.3. The zero-order chi connectivity index (χ0) is 14.3. The molecule has 0 atom stereocenters. The first-order valence-corrected chi connectivity index (χ1v) is 7.61. The predicted molar refractivity (Wildman–Crippen MR) is 85.4 cm³/mol. The summed E-state index contributed by atoms with van der Waals surface area (Å²) in [6, 6.07) is 6.07. The molecule has 0 unspecified atom stereocenters. The van der Waals surface area contributed by atoms with Gasteiger partial charge in [-0.1, -0.05) is 18.0 Å². The molecule has 1 saturated carbocycles. The number of fused-ring (bicyclic) bond motifs is 1. The second-order valence-corrected chi connectivity index (χ2v) is 6.04. The van der Waals surface area contributed by atoms with Crippen molar-refractivity contribution in [3.63, 3.8) is 0 Å². The SMILES string of the molecule is Cl.NCC1(c2nc(-c3ccc4c(c3)CCO4)no2)CCCC1. The average Bonchev–Trinajstić information content (AvgIpc) is 3.25. The molecular formula is C16H20ClN3O2. The second kappa shape index (κ2) is 5.89. The molecule has 2 aromatic rings. The van der Waals surface area contributed by atoms with Gasteiger partial charge in [0.15, 0.2) is 0 Å². The van der Waals surface area contributed by atoms with Gasteiger partial charge in [0.05, 0.1) is 12.0 Å². The van der Waals surface area contributed by atoms with Crippen LogP contribution >= 0.6 is 12.4 Å². The first-order chi connectivity index (χ1) is 10.3. The lowest BCUT2D eigenvalue weighted by Gasteiger charge is -2.21. The number of aromatic nitrogens is 2. The number of rotatable bonds is 3. The highest BCUT2D eigenvalue weighted by molar-refractivity contribution is 5.85. The third-order valence-corrected chi connectivity index (χ3v) is 4.78. The minimum Gasteiger partial charge on any atom is -0.493 e. The van der Waals surface area contributed by atoms with Gasteiger partial charge in [-0.15, -0.1) is 12.4 Å². The van der Waals surface area contributed by atoms with E-state index >= 15 is 0 Å². The Hall–Kier alpha value is -1.59. The van der Waals surface area contributed by atoms with E-state index in [9.17, 15) is 0 Å². The molecule has 1 aromatic carbocycles. The molecular weight excluding hydrogens is 302 g/mol. The van der Waals surface area contributed by atoms with Gasteiger partial charge >= 0.3 is 0 Å². The van der Waals surface area contributed by atoms with Gasteiger partial charge in [0.1, 0.15) is 5.75 Å². The van der Waals surface area contributed by atoms with Crippen LogP contribution in [0.25, 0.3) is 11.4 Å². The number of ether oxygens (including phenoxy) is 1. The molecule has 0 saturated heterocycles. The van der Waals surface area contributed by atoms with E-state index in [1.165, 1.54) is 18.4 Å². The van der Waals surface area contributed by atoms with Crippen molar-refractivity contribution in [1.29, 1.82) is 0 Å². The molecule has 118 valence electrons. The topological polar surface area (TPSA) is 74.2 Å². The van der Waals surface area contributed by atoms with Gasteiger partial charge in [-0.2, -0.15) is 4.98 Å². The average molecular weight is 322 g/mol. The van der Waals surface area contributed by atoms with E-state index in [1.54, 1.807) is 0 Å². The van der Waals surface area contributed by atoms with Gasteiger partial charge in [-0.3, -0.25) is 0 Å². The van der Waals surface area contributed by atoms with Crippen LogP contribution in [0.3, 0.4) is 0 Å². The number of nitrogens with two attached hydrogens (primary N) is 1. The molecule has 5 nitrogen and oxygen atoms in total. The maximum Gasteiger partial charge on any atom is 0.234 e. The zero-order valence-electron chi connectivity index (χ0n) is 12.4. The lowest BCUT2D eigenvalue weighted by atomic mass is 9.86. The van der Waals surface area contributed by atoms with Crippen LogP contribution in [-0.4, -0.2) is 23.3 Å². The maximum atomic E-state index is 5.98. The molecule has 22 heavy (non-hydrogen) atoms. The molecule has 6 heteroatoms. The second-order valence-electron chi connectivity index (χ2n) is 6.04. The molecule has 1 fully saturated rings. The molecule has 1 aliphatic carbocycles. The summed E-state index contributed by atoms with van der Waals surface area (Å²) in [5, 5.41) is 4.17. The minimum absolute atomic E-state index is 0. The quantitative estimate of drug-likeness (QED) is 0.941. The normalized spacial score (nSPS) is 18.6. The fourth-order valence-electron chi connectivity index (χ4n) is 3.44. The molecule has 2 aliphatic rings. The molecule has 2 N–H and O–H groups in total. The van der Waals surface area contributed by atoms with Crippen molar-refractivity contribution in [2.24, 2.45) is 5.73 Å². The molecule has 1 aromatic heterocycles. The summed E-state index contributed by atoms with van der Waals surface area (Å²) >= 11 is 0. The third-order valence-electron chi connectivity index (χ3n) is 4.78. The Labute approximate surface area is 135 Å². The summed E-state index contributed by atoms with van der Waals surface area (Å²) in [6.45, 7) is 1.33. The van der Waals surface area contributed by atoms with Crippen molar-refractivity contribution >= 4 is 12.4 Å². The van der Waals surface area contributed by atoms with Gasteiger partial charge in [-0.25, -0.2) is 0 Å². The zero-order valence-corrected chi connectivity index (χ0v) is 13.2. The van der Waals surface area contributed by atoms with Gasteiger partial charge in [-0.05, 0) is 36.6 Å². The molecule has 0 bridgehead atoms. The van der Waals surface area contributed by atoms with Gasteiger partial charge in [0, 0.05) is 18.5 Å². The standard InChI is InChI=1S/C16H19N3O2.ClH/c17-10-16(6-1-2-7-16)15-18-14(19-21-15)12-3-4-13-11(9-12)5-8-20-13;/h3-4,9H,1-2,5-8,10,17H2;1H. The van der Waals surface area contributed by atoms with Crippen LogP contribution in [-0.2, 0) is 11.8 Å². The van der Waals surface area contributed by atoms with Crippen molar-refractivity contribution in [2.75, 3.05) is 13.2 Å². The summed E-state index contributed by atoms with van der Waals surface area (Å²) in [5.74, 6) is 2.32. The highest BCUT2D eigenvalue weighted by atomic mass is 35.5. The Morgan fingerprint density at radius 2 is 2.05 bits per heavy atom. The van der Waals surface area contributed by atoms with Crippen LogP contribution < -0.4 is 10.5 Å². The van der Waals surface area contributed by atoms with Gasteiger partial charge in [0.2, 0.25) is 11.7 Å². The van der Waals surface area contributed by atoms with Crippen LogP contribution in [0.15, 0.2) is 22.7 Å². The Balaban J connectivity index is 0.00000144. The van der Waals surface area contributed by atoms with E-state index < -0.39 is 0 Å². The molecule has 0 spiro atoms. The van der Waals surface area contributed by atoms with E-state index in [2.05, 4.69) is 16.2 Å². The van der Waals surface area contributed by atoms with Crippen molar-refractivity contribution in [3.8, 4) is 17.1 Å². The summed E-state index contributed by atoms with van der Waals surface area (Å²) in [4.78, 5) is 4.63. The van der Waals surface area contributed by atoms with E-state index in [4.69, 9.17) is 15.0 Å². The van der Waals surface area contributed by atoms with Gasteiger partial charge < -0.3 is 15.0 Å². The van der Waals surface area contributed by atoms with E-state index in [0.29, 0.717) is 18.3 Å². The van der Waals surface area contributed by atoms with Crippen LogP contribution in [0.5, 0.6) is 5.75 Å². The minimum atomic E-state index is -0.106. The molecule has 4 rings (SSSR count). The first-order valence-electron chi connectivity index (χ1n) is 7.61. The number of hydrogen-bond acceptors (Lipinski definition) is 5. The molecule has 0 amide bonds. The highest BCUT2D eigenvalue weighted by Gasteiger charge is 2.39. The molecule has 1 aliphatic heterocycles. The number of nitrogens with zero attached hydrogens (tertiary/aromatic N) is 2. The Kier molecular flexibility index (Phi) is 4.10. The van der Waals surface area contributed by atoms with Crippen LogP contribution in [0.2, 0.25) is 0 Å². The Bertz CT molecular complexity index is 665. The molecule has 0 radical (unpaired) electrons. The van der Waals surface area contributed by atoms with Crippen LogP contribution in [0.1, 0.15) is 37.1 Å². The van der Waals surface area contributed by atoms with E-state index in [-0.39, 0.29) is 17.8 Å². The lowest BCUT2D eigenvalue weighted by molar-refractivity contribution is 0.284. The summed E-state index contributed by atoms with van der Waals surface area (Å²) < 4.78 is 11.1. The Morgan fingerprint density at radius 1 is 1.23 bits per heavy atom. The summed E-state index contributed by atoms with van der Waals surface area (Å²) in [6.07, 6.45) is 5.41. The summed E-state index contributed by atoms with van der Waals surface area (Å²) in [5.41, 5.74) is 8.07. The predicted octanol–water partition coefficient (Wildman–Crippen LogP) is 2.86. The monoisotopic (exact) mass is 321 g/mol. The van der Waals surface area contributed by atoms with Crippen molar-refractivity contribution < 1.29 is 9.26 Å². The fourth-order valence-corrected chi connectivity index (χ4v) is 3.44. The lowest BCUT2D eigenvalue weighted by Crippen LogP contribution is -2.32. The number of hydrogen-bond donors (Lipinski definition) is 1. The highest BCUT2D eigenvalue weighted by Crippen LogP contribution is 2.40. The Morgan fingerprint density at radius 3 is 2.82 bits per heavy atom. The third kappa shape index (κ3) is 2.38. The van der Waals surface area contributed by atoms with E-state index in [1.807, 2.05) is 12.1 Å². The van der Waals surface area contributed by atoms with Gasteiger partial charge in [0.25, 0.3) is 0 Å². The maximum absolute atomic E-state index is 5.98. The van der Waals surface area contributed by atoms with E-state index in [0.717, 1.165) is 37.2 Å². The van der Waals surface area contributed by atoms with Crippen molar-refractivity contribution in [3.05, 3.63) is 29.7 Å². The van der Waals surface area contributed by atoms with Crippen LogP contribution in [0, 0.1) is 0 Å². The molecule has 2 heterocycles. The largest absolute Gasteiger partial charge is 0.493 e.